The second-order valence-electron chi connectivity index (χ2n) is 4.25. The number of rotatable bonds is 6. The standard InChI is InChI=1S/C11H22N2O3.ClH/c1-2-3-8(14)7-13-11(15)10-5-4-9(6-12)16-10;/h8-10,14H,2-7,12H2,1H3,(H,13,15);1H/t8?,9-,10+;/m1./s1. The Hall–Kier alpha value is -0.360. The van der Waals surface area contributed by atoms with Crippen LogP contribution in [0.1, 0.15) is 32.6 Å². The minimum atomic E-state index is -0.458. The first-order valence-corrected chi connectivity index (χ1v) is 5.98. The van der Waals surface area contributed by atoms with Gasteiger partial charge < -0.3 is 20.9 Å². The molecule has 0 aromatic carbocycles. The number of nitrogens with two attached hydrogens (primary N) is 1. The largest absolute Gasteiger partial charge is 0.391 e. The lowest BCUT2D eigenvalue weighted by Gasteiger charge is -2.14. The van der Waals surface area contributed by atoms with Crippen molar-refractivity contribution in [1.29, 1.82) is 0 Å². The van der Waals surface area contributed by atoms with Crippen LogP contribution in [-0.2, 0) is 9.53 Å². The molecule has 1 fully saturated rings. The van der Waals surface area contributed by atoms with Gasteiger partial charge in [-0.15, -0.1) is 12.4 Å². The van der Waals surface area contributed by atoms with Crippen molar-refractivity contribution in [2.24, 2.45) is 5.73 Å². The molecule has 1 heterocycles. The number of aliphatic hydroxyl groups is 1. The van der Waals surface area contributed by atoms with E-state index in [0.29, 0.717) is 19.5 Å². The molecule has 0 aromatic rings. The van der Waals surface area contributed by atoms with Crippen molar-refractivity contribution in [3.8, 4) is 0 Å². The number of hydrogen-bond acceptors (Lipinski definition) is 4. The number of nitrogens with one attached hydrogen (secondary N) is 1. The second-order valence-corrected chi connectivity index (χ2v) is 4.25. The molecule has 5 nitrogen and oxygen atoms in total. The third-order valence-corrected chi connectivity index (χ3v) is 2.80. The summed E-state index contributed by atoms with van der Waals surface area (Å²) < 4.78 is 5.45. The van der Waals surface area contributed by atoms with E-state index in [0.717, 1.165) is 19.3 Å². The lowest BCUT2D eigenvalue weighted by molar-refractivity contribution is -0.132. The van der Waals surface area contributed by atoms with Gasteiger partial charge in [0.15, 0.2) is 0 Å². The minimum absolute atomic E-state index is 0. The highest BCUT2D eigenvalue weighted by molar-refractivity contribution is 5.85. The second kappa shape index (κ2) is 8.69. The molecule has 0 spiro atoms. The maximum Gasteiger partial charge on any atom is 0.249 e. The topological polar surface area (TPSA) is 84.6 Å². The van der Waals surface area contributed by atoms with E-state index in [1.165, 1.54) is 0 Å². The molecule has 0 radical (unpaired) electrons. The molecule has 6 heteroatoms. The quantitative estimate of drug-likeness (QED) is 0.641. The molecule has 0 saturated carbocycles. The summed E-state index contributed by atoms with van der Waals surface area (Å²) in [6.45, 7) is 2.76. The normalized spacial score (nSPS) is 25.1. The minimum Gasteiger partial charge on any atom is -0.391 e. The van der Waals surface area contributed by atoms with Crippen LogP contribution in [0.4, 0.5) is 0 Å². The Kier molecular flexibility index (Phi) is 8.51. The maximum atomic E-state index is 11.6. The van der Waals surface area contributed by atoms with E-state index in [1.54, 1.807) is 0 Å². The SMILES string of the molecule is CCCC(O)CNC(=O)[C@@H]1CC[C@H](CN)O1.Cl. The van der Waals surface area contributed by atoms with Crippen LogP contribution in [0.15, 0.2) is 0 Å². The molecule has 4 N–H and O–H groups in total. The molecule has 0 bridgehead atoms. The Bertz CT molecular complexity index is 229. The van der Waals surface area contributed by atoms with E-state index in [2.05, 4.69) is 5.32 Å². The number of aliphatic hydroxyl groups excluding tert-OH is 1. The number of carbonyl (C=O) groups is 1. The van der Waals surface area contributed by atoms with Crippen LogP contribution >= 0.6 is 12.4 Å². The Balaban J connectivity index is 0.00000256. The summed E-state index contributed by atoms with van der Waals surface area (Å²) in [4.78, 5) is 11.6. The summed E-state index contributed by atoms with van der Waals surface area (Å²) in [5.41, 5.74) is 5.46. The fourth-order valence-corrected chi connectivity index (χ4v) is 1.84. The van der Waals surface area contributed by atoms with Crippen LogP contribution in [0, 0.1) is 0 Å². The molecule has 1 amide bonds. The number of carbonyl (C=O) groups excluding carboxylic acids is 1. The number of halogens is 1. The molecule has 1 aliphatic heterocycles. The van der Waals surface area contributed by atoms with Gasteiger partial charge >= 0.3 is 0 Å². The third kappa shape index (κ3) is 5.68. The van der Waals surface area contributed by atoms with E-state index in [1.807, 2.05) is 6.92 Å². The van der Waals surface area contributed by atoms with Gasteiger partial charge in [-0.25, -0.2) is 0 Å². The van der Waals surface area contributed by atoms with Crippen molar-refractivity contribution in [2.45, 2.75) is 50.9 Å². The Labute approximate surface area is 108 Å². The van der Waals surface area contributed by atoms with Gasteiger partial charge in [0.05, 0.1) is 12.2 Å². The van der Waals surface area contributed by atoms with Crippen LogP contribution in [-0.4, -0.2) is 42.4 Å². The van der Waals surface area contributed by atoms with Gasteiger partial charge in [0, 0.05) is 13.1 Å². The van der Waals surface area contributed by atoms with E-state index in [4.69, 9.17) is 10.5 Å². The Morgan fingerprint density at radius 3 is 2.82 bits per heavy atom. The molecule has 3 atom stereocenters. The van der Waals surface area contributed by atoms with Gasteiger partial charge in [0.1, 0.15) is 6.10 Å². The summed E-state index contributed by atoms with van der Waals surface area (Å²) in [5.74, 6) is -0.133. The molecule has 102 valence electrons. The van der Waals surface area contributed by atoms with Crippen molar-refractivity contribution < 1.29 is 14.6 Å². The van der Waals surface area contributed by atoms with Crippen molar-refractivity contribution in [3.05, 3.63) is 0 Å². The lowest BCUT2D eigenvalue weighted by Crippen LogP contribution is -2.39. The molecule has 0 aromatic heterocycles. The van der Waals surface area contributed by atoms with Gasteiger partial charge in [0.2, 0.25) is 5.91 Å². The maximum absolute atomic E-state index is 11.6. The first-order valence-electron chi connectivity index (χ1n) is 5.98. The summed E-state index contributed by atoms with van der Waals surface area (Å²) in [5, 5.41) is 12.2. The Morgan fingerprint density at radius 1 is 1.59 bits per heavy atom. The average Bonchev–Trinajstić information content (AvgIpc) is 2.75. The smallest absolute Gasteiger partial charge is 0.249 e. The first kappa shape index (κ1) is 16.6. The van der Waals surface area contributed by atoms with Gasteiger partial charge in [-0.3, -0.25) is 4.79 Å². The molecule has 17 heavy (non-hydrogen) atoms. The third-order valence-electron chi connectivity index (χ3n) is 2.80. The van der Waals surface area contributed by atoms with Crippen LogP contribution in [0.2, 0.25) is 0 Å². The number of amides is 1. The zero-order valence-electron chi connectivity index (χ0n) is 10.2. The predicted molar refractivity (Wildman–Crippen MR) is 68.1 cm³/mol. The van der Waals surface area contributed by atoms with E-state index >= 15 is 0 Å². The molecular formula is C11H23ClN2O3. The number of ether oxygens (including phenoxy) is 1. The fourth-order valence-electron chi connectivity index (χ4n) is 1.84. The average molecular weight is 267 g/mol. The fraction of sp³-hybridized carbons (Fsp3) is 0.909. The van der Waals surface area contributed by atoms with Gasteiger partial charge in [0.25, 0.3) is 0 Å². The van der Waals surface area contributed by atoms with Gasteiger partial charge in [-0.2, -0.15) is 0 Å². The molecule has 1 unspecified atom stereocenters. The molecule has 1 aliphatic rings. The summed E-state index contributed by atoms with van der Waals surface area (Å²) in [7, 11) is 0. The van der Waals surface area contributed by atoms with Crippen LogP contribution in [0.3, 0.4) is 0 Å². The van der Waals surface area contributed by atoms with Crippen LogP contribution in [0.5, 0.6) is 0 Å². The molecule has 1 rings (SSSR count). The van der Waals surface area contributed by atoms with E-state index in [-0.39, 0.29) is 30.5 Å². The lowest BCUT2D eigenvalue weighted by atomic mass is 10.2. The highest BCUT2D eigenvalue weighted by Crippen LogP contribution is 2.18. The van der Waals surface area contributed by atoms with Crippen LogP contribution < -0.4 is 11.1 Å². The predicted octanol–water partition coefficient (Wildman–Crippen LogP) is 0.192. The summed E-state index contributed by atoms with van der Waals surface area (Å²) in [6.07, 6.45) is 2.34. The Morgan fingerprint density at radius 2 is 2.29 bits per heavy atom. The summed E-state index contributed by atoms with van der Waals surface area (Å²) >= 11 is 0. The zero-order valence-corrected chi connectivity index (χ0v) is 11.0. The first-order chi connectivity index (χ1) is 7.67. The summed E-state index contributed by atoms with van der Waals surface area (Å²) in [6, 6.07) is 0. The van der Waals surface area contributed by atoms with E-state index in [9.17, 15) is 9.90 Å². The highest BCUT2D eigenvalue weighted by atomic mass is 35.5. The highest BCUT2D eigenvalue weighted by Gasteiger charge is 2.29. The van der Waals surface area contributed by atoms with Crippen molar-refractivity contribution in [2.75, 3.05) is 13.1 Å². The van der Waals surface area contributed by atoms with Crippen molar-refractivity contribution in [3.63, 3.8) is 0 Å². The van der Waals surface area contributed by atoms with Crippen molar-refractivity contribution in [1.82, 2.24) is 5.32 Å². The molecule has 1 saturated heterocycles. The van der Waals surface area contributed by atoms with Crippen LogP contribution in [0.25, 0.3) is 0 Å². The monoisotopic (exact) mass is 266 g/mol. The van der Waals surface area contributed by atoms with E-state index < -0.39 is 6.10 Å². The molecular weight excluding hydrogens is 244 g/mol. The van der Waals surface area contributed by atoms with Gasteiger partial charge in [-0.1, -0.05) is 13.3 Å². The van der Waals surface area contributed by atoms with Crippen molar-refractivity contribution >= 4 is 18.3 Å². The zero-order chi connectivity index (χ0) is 12.0. The molecule has 0 aliphatic carbocycles. The van der Waals surface area contributed by atoms with Gasteiger partial charge in [-0.05, 0) is 19.3 Å². The number of hydrogen-bond donors (Lipinski definition) is 3.